The molecule has 4 nitrogen and oxygen atoms in total. The summed E-state index contributed by atoms with van der Waals surface area (Å²) in [4.78, 5) is 8.38. The molecule has 1 heterocycles. The smallest absolute Gasteiger partial charge is 0.141 e. The molecule has 0 aromatic carbocycles. The molecule has 0 spiro atoms. The molecule has 0 radical (unpaired) electrons. The van der Waals surface area contributed by atoms with Crippen molar-refractivity contribution in [3.8, 4) is 0 Å². The molecule has 0 bridgehead atoms. The fourth-order valence-corrected chi connectivity index (χ4v) is 2.71. The first-order valence-electron chi connectivity index (χ1n) is 6.36. The zero-order chi connectivity index (χ0) is 12.1. The van der Waals surface area contributed by atoms with Gasteiger partial charge >= 0.3 is 0 Å². The zero-order valence-electron chi connectivity index (χ0n) is 10.4. The molecule has 0 saturated heterocycles. The summed E-state index contributed by atoms with van der Waals surface area (Å²) < 4.78 is 0. The van der Waals surface area contributed by atoms with Gasteiger partial charge in [-0.05, 0) is 24.8 Å². The number of hydrogen-bond acceptors (Lipinski definition) is 4. The number of nitrogens with one attached hydrogen (secondary N) is 1. The molecular weight excluding hydrogens is 214 g/mol. The lowest BCUT2D eigenvalue weighted by Crippen LogP contribution is -2.51. The summed E-state index contributed by atoms with van der Waals surface area (Å²) in [6, 6.07) is 1.81. The van der Waals surface area contributed by atoms with Crippen molar-refractivity contribution in [3.63, 3.8) is 0 Å². The number of hydrogen-bond donors (Lipinski definition) is 2. The normalized spacial score (nSPS) is 29.2. The predicted molar refractivity (Wildman–Crippen MR) is 66.3 cm³/mol. The zero-order valence-corrected chi connectivity index (χ0v) is 10.4. The molecule has 94 valence electrons. The minimum Gasteiger partial charge on any atom is -0.394 e. The number of nitrogens with zero attached hydrogens (tertiary/aromatic N) is 2. The largest absolute Gasteiger partial charge is 0.394 e. The highest BCUT2D eigenvalue weighted by Crippen LogP contribution is 2.32. The van der Waals surface area contributed by atoms with Gasteiger partial charge in [0.1, 0.15) is 5.82 Å². The van der Waals surface area contributed by atoms with Gasteiger partial charge in [0.2, 0.25) is 0 Å². The molecule has 17 heavy (non-hydrogen) atoms. The molecule has 0 aliphatic heterocycles. The highest BCUT2D eigenvalue weighted by molar-refractivity contribution is 4.95. The molecule has 0 amide bonds. The third kappa shape index (κ3) is 3.23. The summed E-state index contributed by atoms with van der Waals surface area (Å²) in [7, 11) is 0. The van der Waals surface area contributed by atoms with E-state index < -0.39 is 0 Å². The van der Waals surface area contributed by atoms with Crippen LogP contribution in [-0.2, 0) is 6.54 Å². The lowest BCUT2D eigenvalue weighted by molar-refractivity contribution is 0.0975. The van der Waals surface area contributed by atoms with Crippen molar-refractivity contribution in [2.24, 2.45) is 5.92 Å². The van der Waals surface area contributed by atoms with E-state index in [1.54, 1.807) is 12.4 Å². The van der Waals surface area contributed by atoms with E-state index in [4.69, 9.17) is 0 Å². The van der Waals surface area contributed by atoms with E-state index in [1.165, 1.54) is 12.8 Å². The van der Waals surface area contributed by atoms with Crippen LogP contribution in [0.25, 0.3) is 0 Å². The summed E-state index contributed by atoms with van der Waals surface area (Å²) >= 11 is 0. The van der Waals surface area contributed by atoms with Gasteiger partial charge in [0.05, 0.1) is 13.2 Å². The van der Waals surface area contributed by atoms with Gasteiger partial charge in [-0.3, -0.25) is 0 Å². The molecule has 1 aromatic rings. The van der Waals surface area contributed by atoms with Crippen LogP contribution in [-0.4, -0.2) is 27.2 Å². The topological polar surface area (TPSA) is 58.0 Å². The Morgan fingerprint density at radius 3 is 2.88 bits per heavy atom. The Bertz CT molecular complexity index is 344. The van der Waals surface area contributed by atoms with E-state index in [-0.39, 0.29) is 12.1 Å². The lowest BCUT2D eigenvalue weighted by atomic mass is 9.77. The fourth-order valence-electron chi connectivity index (χ4n) is 2.71. The van der Waals surface area contributed by atoms with Crippen molar-refractivity contribution < 1.29 is 5.11 Å². The first-order valence-corrected chi connectivity index (χ1v) is 6.36. The molecule has 2 rings (SSSR count). The van der Waals surface area contributed by atoms with Gasteiger partial charge in [-0.15, -0.1) is 0 Å². The van der Waals surface area contributed by atoms with Gasteiger partial charge in [0, 0.05) is 17.9 Å². The number of rotatable bonds is 4. The summed E-state index contributed by atoms with van der Waals surface area (Å²) in [6.07, 6.45) is 8.03. The molecule has 4 heteroatoms. The maximum absolute atomic E-state index is 9.63. The Morgan fingerprint density at radius 1 is 1.47 bits per heavy atom. The van der Waals surface area contributed by atoms with Crippen LogP contribution in [0.5, 0.6) is 0 Å². The van der Waals surface area contributed by atoms with Crippen LogP contribution in [0.15, 0.2) is 18.5 Å². The number of aliphatic hydroxyl groups excluding tert-OH is 1. The molecule has 2 atom stereocenters. The molecule has 1 aliphatic carbocycles. The summed E-state index contributed by atoms with van der Waals surface area (Å²) in [5.74, 6) is 1.47. The van der Waals surface area contributed by atoms with Gasteiger partial charge in [-0.25, -0.2) is 9.97 Å². The molecule has 1 aliphatic rings. The first-order chi connectivity index (χ1) is 8.24. The van der Waals surface area contributed by atoms with E-state index >= 15 is 0 Å². The van der Waals surface area contributed by atoms with Gasteiger partial charge in [0.25, 0.3) is 0 Å². The van der Waals surface area contributed by atoms with Crippen LogP contribution in [0.1, 0.15) is 38.4 Å². The number of aromatic nitrogens is 2. The average molecular weight is 235 g/mol. The maximum atomic E-state index is 9.63. The SMILES string of the molecule is CC1CCCC(CO)(NCc2ncccn2)C1. The van der Waals surface area contributed by atoms with Crippen molar-refractivity contribution in [3.05, 3.63) is 24.3 Å². The monoisotopic (exact) mass is 235 g/mol. The molecule has 1 fully saturated rings. The highest BCUT2D eigenvalue weighted by atomic mass is 16.3. The summed E-state index contributed by atoms with van der Waals surface area (Å²) in [6.45, 7) is 3.09. The Morgan fingerprint density at radius 2 is 2.24 bits per heavy atom. The van der Waals surface area contributed by atoms with Crippen LogP contribution in [0.4, 0.5) is 0 Å². The maximum Gasteiger partial charge on any atom is 0.141 e. The van der Waals surface area contributed by atoms with E-state index in [0.717, 1.165) is 18.7 Å². The number of aliphatic hydroxyl groups is 1. The Kier molecular flexibility index (Phi) is 4.07. The van der Waals surface area contributed by atoms with Gasteiger partial charge in [-0.2, -0.15) is 0 Å². The third-order valence-electron chi connectivity index (χ3n) is 3.63. The summed E-state index contributed by atoms with van der Waals surface area (Å²) in [5, 5.41) is 13.1. The Balaban J connectivity index is 1.95. The summed E-state index contributed by atoms with van der Waals surface area (Å²) in [5.41, 5.74) is -0.128. The quantitative estimate of drug-likeness (QED) is 0.830. The average Bonchev–Trinajstić information content (AvgIpc) is 2.38. The Hall–Kier alpha value is -1.00. The van der Waals surface area contributed by atoms with Crippen LogP contribution < -0.4 is 5.32 Å². The molecule has 2 unspecified atom stereocenters. The fraction of sp³-hybridized carbons (Fsp3) is 0.692. The van der Waals surface area contributed by atoms with Crippen LogP contribution in [0.2, 0.25) is 0 Å². The van der Waals surface area contributed by atoms with Crippen LogP contribution in [0, 0.1) is 5.92 Å². The van der Waals surface area contributed by atoms with Crippen molar-refractivity contribution in [2.45, 2.75) is 44.7 Å². The molecule has 1 aromatic heterocycles. The lowest BCUT2D eigenvalue weighted by Gasteiger charge is -2.39. The minimum absolute atomic E-state index is 0.128. The second-order valence-electron chi connectivity index (χ2n) is 5.16. The van der Waals surface area contributed by atoms with Crippen molar-refractivity contribution in [2.75, 3.05) is 6.61 Å². The molecular formula is C13H21N3O. The van der Waals surface area contributed by atoms with Gasteiger partial charge < -0.3 is 10.4 Å². The van der Waals surface area contributed by atoms with Crippen LogP contribution >= 0.6 is 0 Å². The third-order valence-corrected chi connectivity index (χ3v) is 3.63. The minimum atomic E-state index is -0.128. The van der Waals surface area contributed by atoms with Crippen molar-refractivity contribution >= 4 is 0 Å². The molecule has 2 N–H and O–H groups in total. The van der Waals surface area contributed by atoms with E-state index in [1.807, 2.05) is 6.07 Å². The van der Waals surface area contributed by atoms with Crippen molar-refractivity contribution in [1.82, 2.24) is 15.3 Å². The van der Waals surface area contributed by atoms with E-state index in [0.29, 0.717) is 12.5 Å². The van der Waals surface area contributed by atoms with Crippen molar-refractivity contribution in [1.29, 1.82) is 0 Å². The Labute approximate surface area is 102 Å². The second kappa shape index (κ2) is 5.56. The van der Waals surface area contributed by atoms with Gasteiger partial charge in [-0.1, -0.05) is 19.8 Å². The molecule has 1 saturated carbocycles. The standard InChI is InChI=1S/C13H21N3O/c1-11-4-2-5-13(8-11,10-17)16-9-12-14-6-3-7-15-12/h3,6-7,11,16-17H,2,4-5,8-10H2,1H3. The van der Waals surface area contributed by atoms with E-state index in [9.17, 15) is 5.11 Å². The van der Waals surface area contributed by atoms with Gasteiger partial charge in [0.15, 0.2) is 0 Å². The predicted octanol–water partition coefficient (Wildman–Crippen LogP) is 1.51. The first kappa shape index (κ1) is 12.5. The second-order valence-corrected chi connectivity index (χ2v) is 5.16. The highest BCUT2D eigenvalue weighted by Gasteiger charge is 2.33. The van der Waals surface area contributed by atoms with E-state index in [2.05, 4.69) is 22.2 Å². The van der Waals surface area contributed by atoms with Crippen LogP contribution in [0.3, 0.4) is 0 Å².